The van der Waals surface area contributed by atoms with E-state index in [4.69, 9.17) is 19.9 Å². The van der Waals surface area contributed by atoms with Crippen molar-refractivity contribution in [3.8, 4) is 11.6 Å². The Balaban J connectivity index is 1.26. The molecule has 4 N–H and O–H groups in total. The topological polar surface area (TPSA) is 196 Å². The van der Waals surface area contributed by atoms with Crippen LogP contribution in [0.5, 0.6) is 11.6 Å². The van der Waals surface area contributed by atoms with Crippen molar-refractivity contribution in [3.63, 3.8) is 0 Å². The summed E-state index contributed by atoms with van der Waals surface area (Å²) >= 11 is 0. The Hall–Kier alpha value is -4.61. The van der Waals surface area contributed by atoms with Crippen molar-refractivity contribution < 1.29 is 55.0 Å². The lowest BCUT2D eigenvalue weighted by atomic mass is 9.87. The van der Waals surface area contributed by atoms with Gasteiger partial charge in [-0.3, -0.25) is 19.1 Å². The first kappa shape index (κ1) is 45.5. The number of allylic oxidation sites excluding steroid dienone is 2. The number of hydrogen-bond donors (Lipinski definition) is 3. The second-order valence-corrected chi connectivity index (χ2v) is 18.6. The number of likely N-dealkylation sites (tertiary alicyclic amines) is 1. The molecule has 4 amide bonds. The minimum absolute atomic E-state index is 0.00165. The molecule has 2 saturated carbocycles. The summed E-state index contributed by atoms with van der Waals surface area (Å²) in [6.45, 7) is 4.88. The first-order valence-electron chi connectivity index (χ1n) is 20.2. The molecule has 2 heterocycles. The number of benzene rings is 1. The van der Waals surface area contributed by atoms with Gasteiger partial charge in [0.05, 0.1) is 25.1 Å². The third-order valence-electron chi connectivity index (χ3n) is 11.9. The Morgan fingerprint density at radius 1 is 1.05 bits per heavy atom. The number of hydrogen-bond acceptors (Lipinski definition) is 10. The van der Waals surface area contributed by atoms with Crippen molar-refractivity contribution in [2.24, 2.45) is 29.4 Å². The van der Waals surface area contributed by atoms with Crippen LogP contribution in [0.3, 0.4) is 0 Å². The second kappa shape index (κ2) is 18.8. The van der Waals surface area contributed by atoms with E-state index in [9.17, 15) is 40.8 Å². The van der Waals surface area contributed by atoms with Gasteiger partial charge in [0.1, 0.15) is 23.9 Å². The quantitative estimate of drug-likeness (QED) is 0.161. The first-order valence-corrected chi connectivity index (χ1v) is 21.7. The Labute approximate surface area is 343 Å². The molecule has 1 aliphatic heterocycles. The number of aromatic nitrogens is 1. The van der Waals surface area contributed by atoms with E-state index in [0.29, 0.717) is 63.5 Å². The molecule has 1 unspecified atom stereocenters. The van der Waals surface area contributed by atoms with Gasteiger partial charge in [0, 0.05) is 23.1 Å². The van der Waals surface area contributed by atoms with E-state index in [0.717, 1.165) is 24.6 Å². The molecule has 0 bridgehead atoms. The molecule has 3 aliphatic rings. The number of amides is 4. The van der Waals surface area contributed by atoms with Crippen LogP contribution in [0.1, 0.15) is 91.9 Å². The van der Waals surface area contributed by atoms with Crippen LogP contribution in [-0.2, 0) is 29.1 Å². The van der Waals surface area contributed by atoms with Crippen molar-refractivity contribution in [2.45, 2.75) is 127 Å². The zero-order chi connectivity index (χ0) is 43.3. The van der Waals surface area contributed by atoms with E-state index in [1.165, 1.54) is 18.2 Å². The lowest BCUT2D eigenvalue weighted by Crippen LogP contribution is -2.56. The monoisotopic (exact) mass is 851 g/mol. The lowest BCUT2D eigenvalue weighted by Gasteiger charge is -2.33. The highest BCUT2D eigenvalue weighted by Gasteiger charge is 2.52. The molecule has 0 spiro atoms. The molecule has 59 heavy (non-hydrogen) atoms. The minimum Gasteiger partial charge on any atom is -0.494 e. The average molecular weight is 852 g/mol. The summed E-state index contributed by atoms with van der Waals surface area (Å²) in [5.41, 5.74) is 2.90. The van der Waals surface area contributed by atoms with Crippen LogP contribution in [0.25, 0.3) is 10.8 Å². The molecular formula is C41H56F3N5O9S. The lowest BCUT2D eigenvalue weighted by molar-refractivity contribution is -0.244. The van der Waals surface area contributed by atoms with Crippen molar-refractivity contribution >= 4 is 44.6 Å². The molecule has 7 atom stereocenters. The van der Waals surface area contributed by atoms with Gasteiger partial charge in [-0.15, -0.1) is 0 Å². The number of nitrogens with zero attached hydrogens (tertiary/aromatic N) is 2. The molecule has 326 valence electrons. The number of carbonyl (C=O) groups is 4. The number of halogens is 3. The van der Waals surface area contributed by atoms with Gasteiger partial charge < -0.3 is 30.2 Å². The van der Waals surface area contributed by atoms with Gasteiger partial charge in [0.2, 0.25) is 39.2 Å². The molecule has 18 heteroatoms. The number of carbonyl (C=O) groups excluding carboxylic acids is 4. The predicted molar refractivity (Wildman–Crippen MR) is 212 cm³/mol. The van der Waals surface area contributed by atoms with Crippen LogP contribution < -0.4 is 25.2 Å². The first-order chi connectivity index (χ1) is 27.7. The van der Waals surface area contributed by atoms with E-state index < -0.39 is 80.9 Å². The van der Waals surface area contributed by atoms with Gasteiger partial charge in [-0.1, -0.05) is 57.0 Å². The van der Waals surface area contributed by atoms with Crippen LogP contribution in [0.4, 0.5) is 18.0 Å². The normalized spacial score (nSPS) is 23.0. The van der Waals surface area contributed by atoms with E-state index >= 15 is 0 Å². The van der Waals surface area contributed by atoms with Gasteiger partial charge in [-0.2, -0.15) is 13.2 Å². The number of primary amides is 1. The number of methoxy groups -OCH3 is 1. The van der Waals surface area contributed by atoms with Crippen molar-refractivity contribution in [3.05, 3.63) is 42.6 Å². The zero-order valence-corrected chi connectivity index (χ0v) is 34.9. The van der Waals surface area contributed by atoms with E-state index in [2.05, 4.69) is 15.0 Å². The largest absolute Gasteiger partial charge is 0.494 e. The maximum atomic E-state index is 14.4. The van der Waals surface area contributed by atoms with Crippen molar-refractivity contribution in [2.75, 3.05) is 13.7 Å². The molecule has 1 aromatic heterocycles. The molecule has 3 fully saturated rings. The predicted octanol–water partition coefficient (Wildman–Crippen LogP) is 5.93. The molecule has 14 nitrogen and oxygen atoms in total. The zero-order valence-electron chi connectivity index (χ0n) is 34.1. The van der Waals surface area contributed by atoms with Crippen LogP contribution in [-0.4, -0.2) is 91.0 Å². The van der Waals surface area contributed by atoms with E-state index in [-0.39, 0.29) is 30.7 Å². The number of alkyl halides is 3. The third-order valence-corrected chi connectivity index (χ3v) is 13.7. The van der Waals surface area contributed by atoms with Gasteiger partial charge in [0.25, 0.3) is 0 Å². The summed E-state index contributed by atoms with van der Waals surface area (Å²) in [7, 11) is -2.17. The Morgan fingerprint density at radius 3 is 2.36 bits per heavy atom. The standard InChI is InChI=1S/C41H56F3N5O9S/c1-24(12-6-7-13-26-14-10-19-29(26)36(51)48-59(54,55)28-15-11-16-28)20-25(2)34(47-39(53)58-40(3,4)41(42,43)44)38(52)49-23-27(21-32(49)35(45)50)57-37-31-18-9-8-17-30(31)33(56-5)22-46-37/h7-9,13,17-18,22,24-29,32,34H,6,10-12,14-16,19-21,23H2,1-5H3,(H2,45,50)(H,47,53)(H,48,51)/b13-7-/t24-,25+,26+,27+,29?,32-,34-/m0/s1. The number of pyridine rings is 1. The molecule has 5 rings (SSSR count). The van der Waals surface area contributed by atoms with E-state index in [1.807, 2.05) is 31.2 Å². The number of nitrogens with one attached hydrogen (secondary N) is 2. The Kier molecular flexibility index (Phi) is 14.5. The molecular weight excluding hydrogens is 796 g/mol. The van der Waals surface area contributed by atoms with Crippen LogP contribution >= 0.6 is 0 Å². The van der Waals surface area contributed by atoms with Gasteiger partial charge in [-0.25, -0.2) is 18.2 Å². The fourth-order valence-corrected chi connectivity index (χ4v) is 9.64. The van der Waals surface area contributed by atoms with Crippen LogP contribution in [0, 0.1) is 23.7 Å². The molecule has 1 saturated heterocycles. The fourth-order valence-electron chi connectivity index (χ4n) is 8.09. The molecule has 1 aromatic carbocycles. The molecule has 2 aromatic rings. The number of rotatable bonds is 17. The number of sulfonamides is 1. The maximum absolute atomic E-state index is 14.4. The smallest absolute Gasteiger partial charge is 0.427 e. The van der Waals surface area contributed by atoms with Crippen molar-refractivity contribution in [1.29, 1.82) is 0 Å². The summed E-state index contributed by atoms with van der Waals surface area (Å²) in [6, 6.07) is 4.67. The number of ether oxygens (including phenoxy) is 3. The highest BCUT2D eigenvalue weighted by atomic mass is 32.2. The highest BCUT2D eigenvalue weighted by Crippen LogP contribution is 2.36. The number of alkyl carbamates (subject to hydrolysis) is 1. The van der Waals surface area contributed by atoms with Gasteiger partial charge in [0.15, 0.2) is 0 Å². The SMILES string of the molecule is COc1cnc(O[C@@H]2C[C@@H](C(N)=O)N(C(=O)[C@@H](NC(=O)OC(C)(C)C(F)(F)F)[C@H](C)C[C@@H](C)CC/C=C\[C@@H]3CCCC3C(=O)NS(=O)(=O)C3CCC3)C2)c2ccccc12. The Bertz CT molecular complexity index is 1990. The highest BCUT2D eigenvalue weighted by molar-refractivity contribution is 7.90. The van der Waals surface area contributed by atoms with Gasteiger partial charge in [-0.05, 0) is 82.6 Å². The molecule has 0 radical (unpaired) electrons. The minimum atomic E-state index is -4.90. The summed E-state index contributed by atoms with van der Waals surface area (Å²) in [4.78, 5) is 58.7. The maximum Gasteiger partial charge on any atom is 0.427 e. The van der Waals surface area contributed by atoms with Gasteiger partial charge >= 0.3 is 12.3 Å². The Morgan fingerprint density at radius 2 is 1.73 bits per heavy atom. The summed E-state index contributed by atoms with van der Waals surface area (Å²) in [6.07, 6.45) is 3.94. The van der Waals surface area contributed by atoms with E-state index in [1.54, 1.807) is 19.1 Å². The number of fused-ring (bicyclic) bond motifs is 1. The third kappa shape index (κ3) is 11.0. The fraction of sp³-hybridized carbons (Fsp3) is 0.634. The second-order valence-electron chi connectivity index (χ2n) is 16.7. The number of nitrogens with two attached hydrogens (primary N) is 1. The summed E-state index contributed by atoms with van der Waals surface area (Å²) in [5.74, 6) is -2.53. The summed E-state index contributed by atoms with van der Waals surface area (Å²) in [5, 5.41) is 3.21. The van der Waals surface area contributed by atoms with Crippen LogP contribution in [0.2, 0.25) is 0 Å². The van der Waals surface area contributed by atoms with Crippen molar-refractivity contribution in [1.82, 2.24) is 19.9 Å². The summed E-state index contributed by atoms with van der Waals surface area (Å²) < 4.78 is 84.8. The van der Waals surface area contributed by atoms with Crippen LogP contribution in [0.15, 0.2) is 42.6 Å². The average Bonchev–Trinajstić information content (AvgIpc) is 3.78. The molecule has 2 aliphatic carbocycles.